The maximum absolute atomic E-state index is 11.5. The van der Waals surface area contributed by atoms with Crippen LogP contribution in [-0.4, -0.2) is 47.7 Å². The minimum absolute atomic E-state index is 0.126. The van der Waals surface area contributed by atoms with Gasteiger partial charge in [-0.05, 0) is 47.5 Å². The molecule has 0 radical (unpaired) electrons. The summed E-state index contributed by atoms with van der Waals surface area (Å²) in [4.78, 5) is 24.6. The summed E-state index contributed by atoms with van der Waals surface area (Å²) in [5.41, 5.74) is -0.252. The lowest BCUT2D eigenvalue weighted by Gasteiger charge is -2.54. The van der Waals surface area contributed by atoms with Crippen LogP contribution >= 0.6 is 0 Å². The fourth-order valence-corrected chi connectivity index (χ4v) is 3.13. The first-order chi connectivity index (χ1) is 9.08. The highest BCUT2D eigenvalue weighted by molar-refractivity contribution is 5.94. The first-order valence-corrected chi connectivity index (χ1v) is 7.04. The molecule has 0 aromatic heterocycles. The highest BCUT2D eigenvalue weighted by atomic mass is 16.5. The summed E-state index contributed by atoms with van der Waals surface area (Å²) in [5, 5.41) is 0. The Kier molecular flexibility index (Phi) is 5.33. The molecular formula is C15H27NO4. The largest absolute Gasteiger partial charge is 0.449 e. The molecule has 20 heavy (non-hydrogen) atoms. The number of esters is 1. The van der Waals surface area contributed by atoms with Crippen LogP contribution in [0.25, 0.3) is 0 Å². The van der Waals surface area contributed by atoms with Crippen LogP contribution < -0.4 is 0 Å². The lowest BCUT2D eigenvalue weighted by molar-refractivity contribution is -0.167. The Balaban J connectivity index is 2.71. The van der Waals surface area contributed by atoms with Crippen molar-refractivity contribution in [1.29, 1.82) is 0 Å². The van der Waals surface area contributed by atoms with Crippen LogP contribution in [0.3, 0.4) is 0 Å². The SMILES string of the molecule is COC1CC(C)(C)N(COC(=O)CC(C)=O)C(C)(C)C1. The number of likely N-dealkylation sites (tertiary alicyclic amines) is 1. The molecule has 0 N–H and O–H groups in total. The quantitative estimate of drug-likeness (QED) is 0.572. The lowest BCUT2D eigenvalue weighted by Crippen LogP contribution is -2.62. The molecule has 0 bridgehead atoms. The smallest absolute Gasteiger partial charge is 0.314 e. The maximum Gasteiger partial charge on any atom is 0.314 e. The number of nitrogens with zero attached hydrogens (tertiary/aromatic N) is 1. The van der Waals surface area contributed by atoms with Crippen molar-refractivity contribution >= 4 is 11.8 Å². The van der Waals surface area contributed by atoms with E-state index in [0.29, 0.717) is 0 Å². The van der Waals surface area contributed by atoms with Gasteiger partial charge in [-0.15, -0.1) is 0 Å². The minimum Gasteiger partial charge on any atom is -0.449 e. The number of methoxy groups -OCH3 is 1. The zero-order chi connectivity index (χ0) is 15.6. The van der Waals surface area contributed by atoms with E-state index in [2.05, 4.69) is 32.6 Å². The second kappa shape index (κ2) is 6.22. The molecule has 0 amide bonds. The third-order valence-corrected chi connectivity index (χ3v) is 4.00. The van der Waals surface area contributed by atoms with Gasteiger partial charge in [-0.1, -0.05) is 0 Å². The predicted molar refractivity (Wildman–Crippen MR) is 76.3 cm³/mol. The Morgan fingerprint density at radius 3 is 2.05 bits per heavy atom. The number of hydrogen-bond donors (Lipinski definition) is 0. The summed E-state index contributed by atoms with van der Waals surface area (Å²) in [6, 6.07) is 0. The first-order valence-electron chi connectivity index (χ1n) is 7.04. The molecule has 0 aromatic rings. The van der Waals surface area contributed by atoms with Gasteiger partial charge < -0.3 is 9.47 Å². The number of carbonyl (C=O) groups is 2. The maximum atomic E-state index is 11.5. The fraction of sp³-hybridized carbons (Fsp3) is 0.867. The van der Waals surface area contributed by atoms with Crippen LogP contribution in [0.15, 0.2) is 0 Å². The average Bonchev–Trinajstić information content (AvgIpc) is 2.24. The van der Waals surface area contributed by atoms with E-state index in [9.17, 15) is 9.59 Å². The Morgan fingerprint density at radius 1 is 1.15 bits per heavy atom. The summed E-state index contributed by atoms with van der Waals surface area (Å²) in [7, 11) is 1.74. The molecule has 1 fully saturated rings. The number of ketones is 1. The summed E-state index contributed by atoms with van der Waals surface area (Å²) in [5.74, 6) is -0.635. The van der Waals surface area contributed by atoms with Crippen LogP contribution in [-0.2, 0) is 19.1 Å². The normalized spacial score (nSPS) is 22.5. The third-order valence-electron chi connectivity index (χ3n) is 4.00. The lowest BCUT2D eigenvalue weighted by atomic mass is 9.78. The van der Waals surface area contributed by atoms with E-state index in [1.807, 2.05) is 0 Å². The van der Waals surface area contributed by atoms with Crippen molar-refractivity contribution in [3.8, 4) is 0 Å². The van der Waals surface area contributed by atoms with Crippen LogP contribution in [0.5, 0.6) is 0 Å². The van der Waals surface area contributed by atoms with E-state index >= 15 is 0 Å². The van der Waals surface area contributed by atoms with E-state index < -0.39 is 5.97 Å². The first kappa shape index (κ1) is 17.1. The van der Waals surface area contributed by atoms with Gasteiger partial charge in [0.25, 0.3) is 0 Å². The Bertz CT molecular complexity index is 358. The third kappa shape index (κ3) is 4.28. The van der Waals surface area contributed by atoms with Crippen molar-refractivity contribution in [2.75, 3.05) is 13.8 Å². The van der Waals surface area contributed by atoms with Crippen LogP contribution in [0.4, 0.5) is 0 Å². The molecule has 1 saturated heterocycles. The number of ether oxygens (including phenoxy) is 2. The molecule has 0 unspecified atom stereocenters. The molecule has 5 nitrogen and oxygen atoms in total. The Labute approximate surface area is 121 Å². The number of piperidine rings is 1. The summed E-state index contributed by atoms with van der Waals surface area (Å²) in [6.07, 6.45) is 1.83. The van der Waals surface area contributed by atoms with E-state index in [1.165, 1.54) is 6.92 Å². The van der Waals surface area contributed by atoms with Crippen LogP contribution in [0.1, 0.15) is 53.9 Å². The molecule has 0 aromatic carbocycles. The Morgan fingerprint density at radius 2 is 1.65 bits per heavy atom. The van der Waals surface area contributed by atoms with Crippen molar-refractivity contribution < 1.29 is 19.1 Å². The van der Waals surface area contributed by atoms with Crippen molar-refractivity contribution in [3.05, 3.63) is 0 Å². The van der Waals surface area contributed by atoms with Crippen molar-refractivity contribution in [1.82, 2.24) is 4.90 Å². The number of Topliss-reactive ketones (excluding diaryl/α,β-unsaturated/α-hetero) is 1. The van der Waals surface area contributed by atoms with E-state index in [-0.39, 0.29) is 36.1 Å². The molecule has 0 saturated carbocycles. The summed E-state index contributed by atoms with van der Waals surface area (Å²) in [6.45, 7) is 10.1. The van der Waals surface area contributed by atoms with Gasteiger partial charge in [-0.25, -0.2) is 0 Å². The molecular weight excluding hydrogens is 258 g/mol. The van der Waals surface area contributed by atoms with Gasteiger partial charge >= 0.3 is 5.97 Å². The molecule has 0 aliphatic carbocycles. The number of carbonyl (C=O) groups excluding carboxylic acids is 2. The predicted octanol–water partition coefficient (Wildman–Crippen LogP) is 2.13. The van der Waals surface area contributed by atoms with Crippen molar-refractivity contribution in [2.24, 2.45) is 0 Å². The van der Waals surface area contributed by atoms with Crippen molar-refractivity contribution in [2.45, 2.75) is 71.1 Å². The molecule has 116 valence electrons. The summed E-state index contributed by atoms with van der Waals surface area (Å²) >= 11 is 0. The molecule has 1 aliphatic heterocycles. The zero-order valence-corrected chi connectivity index (χ0v) is 13.5. The fourth-order valence-electron chi connectivity index (χ4n) is 3.13. The molecule has 5 heteroatoms. The standard InChI is InChI=1S/C15H27NO4/c1-11(17)7-13(18)20-10-16-14(2,3)8-12(19-6)9-15(16,4)5/h12H,7-10H2,1-6H3. The minimum atomic E-state index is -0.460. The summed E-state index contributed by atoms with van der Waals surface area (Å²) < 4.78 is 10.8. The molecule has 1 heterocycles. The second-order valence-corrected chi connectivity index (χ2v) is 6.84. The number of hydrogen-bond acceptors (Lipinski definition) is 5. The second-order valence-electron chi connectivity index (χ2n) is 6.84. The molecule has 1 rings (SSSR count). The van der Waals surface area contributed by atoms with E-state index in [0.717, 1.165) is 12.8 Å². The molecule has 0 atom stereocenters. The van der Waals surface area contributed by atoms with Gasteiger partial charge in [-0.2, -0.15) is 0 Å². The monoisotopic (exact) mass is 285 g/mol. The van der Waals surface area contributed by atoms with Crippen molar-refractivity contribution in [3.63, 3.8) is 0 Å². The van der Waals surface area contributed by atoms with Gasteiger partial charge in [0.05, 0.1) is 6.10 Å². The average molecular weight is 285 g/mol. The molecule has 0 spiro atoms. The topological polar surface area (TPSA) is 55.8 Å². The van der Waals surface area contributed by atoms with Gasteiger partial charge in [-0.3, -0.25) is 14.5 Å². The van der Waals surface area contributed by atoms with Crippen LogP contribution in [0, 0.1) is 0 Å². The highest BCUT2D eigenvalue weighted by Gasteiger charge is 2.45. The van der Waals surface area contributed by atoms with E-state index in [1.54, 1.807) is 7.11 Å². The van der Waals surface area contributed by atoms with E-state index in [4.69, 9.17) is 9.47 Å². The molecule has 1 aliphatic rings. The van der Waals surface area contributed by atoms with Gasteiger partial charge in [0.15, 0.2) is 0 Å². The number of rotatable bonds is 5. The van der Waals surface area contributed by atoms with Gasteiger partial charge in [0.1, 0.15) is 18.9 Å². The highest BCUT2D eigenvalue weighted by Crippen LogP contribution is 2.39. The van der Waals surface area contributed by atoms with Crippen LogP contribution in [0.2, 0.25) is 0 Å². The zero-order valence-electron chi connectivity index (χ0n) is 13.5. The van der Waals surface area contributed by atoms with Gasteiger partial charge in [0.2, 0.25) is 0 Å². The van der Waals surface area contributed by atoms with Gasteiger partial charge in [0, 0.05) is 18.2 Å². The Hall–Kier alpha value is -0.940.